The fourth-order valence-electron chi connectivity index (χ4n) is 3.36. The van der Waals surface area contributed by atoms with Crippen LogP contribution in [0.25, 0.3) is 10.9 Å². The highest BCUT2D eigenvalue weighted by molar-refractivity contribution is 7.90. The Hall–Kier alpha value is -3.38. The van der Waals surface area contributed by atoms with Crippen LogP contribution in [0.5, 0.6) is 0 Å². The molecule has 1 amide bonds. The minimum atomic E-state index is -3.82. The minimum Gasteiger partial charge on any atom is -0.337 e. The van der Waals surface area contributed by atoms with Crippen molar-refractivity contribution in [3.05, 3.63) is 102 Å². The topological polar surface area (TPSA) is 59.4 Å². The van der Waals surface area contributed by atoms with E-state index in [4.69, 9.17) is 0 Å². The smallest absolute Gasteiger partial charge is 0.268 e. The summed E-state index contributed by atoms with van der Waals surface area (Å²) in [6, 6.07) is 24.9. The van der Waals surface area contributed by atoms with Crippen molar-refractivity contribution in [2.24, 2.45) is 0 Å². The van der Waals surface area contributed by atoms with E-state index in [9.17, 15) is 13.2 Å². The molecule has 0 bridgehead atoms. The molecule has 0 spiro atoms. The Labute approximate surface area is 169 Å². The Kier molecular flexibility index (Phi) is 4.94. The summed E-state index contributed by atoms with van der Waals surface area (Å²) in [5.74, 6) is -0.230. The van der Waals surface area contributed by atoms with Crippen LogP contribution in [0.1, 0.15) is 15.9 Å². The quantitative estimate of drug-likeness (QED) is 0.502. The number of fused-ring (bicyclic) bond motifs is 1. The number of rotatable bonds is 5. The summed E-state index contributed by atoms with van der Waals surface area (Å²) >= 11 is 0. The predicted octanol–water partition coefficient (Wildman–Crippen LogP) is 4.15. The van der Waals surface area contributed by atoms with Crippen molar-refractivity contribution in [2.75, 3.05) is 7.05 Å². The predicted molar refractivity (Wildman–Crippen MR) is 113 cm³/mol. The maximum absolute atomic E-state index is 13.2. The van der Waals surface area contributed by atoms with Gasteiger partial charge in [0.05, 0.1) is 16.0 Å². The first-order chi connectivity index (χ1) is 14.0. The third kappa shape index (κ3) is 3.54. The lowest BCUT2D eigenvalue weighted by Crippen LogP contribution is -2.26. The van der Waals surface area contributed by atoms with Crippen molar-refractivity contribution >= 4 is 26.8 Å². The molecule has 4 aromatic rings. The van der Waals surface area contributed by atoms with Gasteiger partial charge in [-0.05, 0) is 23.8 Å². The largest absolute Gasteiger partial charge is 0.337 e. The van der Waals surface area contributed by atoms with Gasteiger partial charge in [-0.25, -0.2) is 12.4 Å². The zero-order chi connectivity index (χ0) is 20.4. The summed E-state index contributed by atoms with van der Waals surface area (Å²) in [7, 11) is -2.10. The molecule has 0 atom stereocenters. The molecule has 0 fully saturated rings. The first-order valence-corrected chi connectivity index (χ1v) is 10.6. The summed E-state index contributed by atoms with van der Waals surface area (Å²) in [4.78, 5) is 14.9. The van der Waals surface area contributed by atoms with Gasteiger partial charge in [-0.1, -0.05) is 66.7 Å². The Morgan fingerprint density at radius 2 is 1.45 bits per heavy atom. The van der Waals surface area contributed by atoms with Gasteiger partial charge >= 0.3 is 0 Å². The maximum Gasteiger partial charge on any atom is 0.268 e. The minimum absolute atomic E-state index is 0.178. The Bertz CT molecular complexity index is 1260. The highest BCUT2D eigenvalue weighted by atomic mass is 32.2. The molecule has 4 rings (SSSR count). The number of benzene rings is 3. The molecule has 1 heterocycles. The van der Waals surface area contributed by atoms with Crippen LogP contribution >= 0.6 is 0 Å². The zero-order valence-electron chi connectivity index (χ0n) is 15.9. The number of carbonyl (C=O) groups excluding carboxylic acids is 1. The lowest BCUT2D eigenvalue weighted by Gasteiger charge is -2.16. The van der Waals surface area contributed by atoms with Gasteiger partial charge in [0, 0.05) is 25.2 Å². The molecule has 3 aromatic carbocycles. The molecule has 146 valence electrons. The van der Waals surface area contributed by atoms with Crippen LogP contribution in [-0.4, -0.2) is 30.2 Å². The van der Waals surface area contributed by atoms with E-state index in [1.807, 2.05) is 30.3 Å². The number of hydrogen-bond donors (Lipinski definition) is 0. The molecule has 0 aliphatic rings. The first kappa shape index (κ1) is 19.0. The second kappa shape index (κ2) is 7.56. The van der Waals surface area contributed by atoms with E-state index in [1.165, 1.54) is 10.2 Å². The molecular formula is C23H20N2O3S. The number of carbonyl (C=O) groups is 1. The van der Waals surface area contributed by atoms with Crippen molar-refractivity contribution in [2.45, 2.75) is 11.4 Å². The van der Waals surface area contributed by atoms with Crippen molar-refractivity contribution in [1.82, 2.24) is 8.87 Å². The van der Waals surface area contributed by atoms with E-state index >= 15 is 0 Å². The standard InChI is InChI=1S/C23H20N2O3S/c1-24(16-18-10-4-2-5-11-18)23(26)21-17-25(22-15-9-8-14-20(21)22)29(27,28)19-12-6-3-7-13-19/h2-15,17H,16H2,1H3. The van der Waals surface area contributed by atoms with Crippen LogP contribution in [0.4, 0.5) is 0 Å². The second-order valence-corrected chi connectivity index (χ2v) is 8.64. The molecule has 1 aromatic heterocycles. The summed E-state index contributed by atoms with van der Waals surface area (Å²) in [6.45, 7) is 0.435. The van der Waals surface area contributed by atoms with Gasteiger partial charge in [0.25, 0.3) is 15.9 Å². The molecule has 0 saturated heterocycles. The zero-order valence-corrected chi connectivity index (χ0v) is 16.7. The van der Waals surface area contributed by atoms with E-state index in [0.29, 0.717) is 23.0 Å². The van der Waals surface area contributed by atoms with Crippen LogP contribution in [0.2, 0.25) is 0 Å². The number of amides is 1. The normalized spacial score (nSPS) is 11.5. The van der Waals surface area contributed by atoms with Crippen LogP contribution in [0.3, 0.4) is 0 Å². The molecular weight excluding hydrogens is 384 g/mol. The molecule has 0 unspecified atom stereocenters. The summed E-state index contributed by atoms with van der Waals surface area (Å²) < 4.78 is 27.6. The van der Waals surface area contributed by atoms with Gasteiger partial charge in [0.2, 0.25) is 0 Å². The Morgan fingerprint density at radius 3 is 2.14 bits per heavy atom. The van der Waals surface area contributed by atoms with Crippen molar-refractivity contribution in [3.8, 4) is 0 Å². The second-order valence-electron chi connectivity index (χ2n) is 6.82. The van der Waals surface area contributed by atoms with Crippen LogP contribution in [-0.2, 0) is 16.6 Å². The summed E-state index contributed by atoms with van der Waals surface area (Å²) in [6.07, 6.45) is 1.43. The highest BCUT2D eigenvalue weighted by Gasteiger charge is 2.24. The van der Waals surface area contributed by atoms with E-state index < -0.39 is 10.0 Å². The van der Waals surface area contributed by atoms with Crippen molar-refractivity contribution in [1.29, 1.82) is 0 Å². The fraction of sp³-hybridized carbons (Fsp3) is 0.0870. The van der Waals surface area contributed by atoms with Crippen LogP contribution < -0.4 is 0 Å². The van der Waals surface area contributed by atoms with Crippen LogP contribution in [0, 0.1) is 0 Å². The van der Waals surface area contributed by atoms with E-state index in [2.05, 4.69) is 0 Å². The highest BCUT2D eigenvalue weighted by Crippen LogP contribution is 2.27. The molecule has 0 aliphatic heterocycles. The molecule has 29 heavy (non-hydrogen) atoms. The fourth-order valence-corrected chi connectivity index (χ4v) is 4.75. The first-order valence-electron chi connectivity index (χ1n) is 9.18. The number of aromatic nitrogens is 1. The average molecular weight is 404 g/mol. The maximum atomic E-state index is 13.2. The third-order valence-corrected chi connectivity index (χ3v) is 6.51. The van der Waals surface area contributed by atoms with Gasteiger partial charge in [0.1, 0.15) is 0 Å². The third-order valence-electron chi connectivity index (χ3n) is 4.82. The number of para-hydroxylation sites is 1. The van der Waals surface area contributed by atoms with Crippen molar-refractivity contribution < 1.29 is 13.2 Å². The van der Waals surface area contributed by atoms with Gasteiger partial charge in [-0.15, -0.1) is 0 Å². The van der Waals surface area contributed by atoms with Gasteiger partial charge in [0.15, 0.2) is 0 Å². The Morgan fingerprint density at radius 1 is 0.862 bits per heavy atom. The number of nitrogens with zero attached hydrogens (tertiary/aromatic N) is 2. The molecule has 6 heteroatoms. The molecule has 5 nitrogen and oxygen atoms in total. The van der Waals surface area contributed by atoms with E-state index in [0.717, 1.165) is 5.56 Å². The number of hydrogen-bond acceptors (Lipinski definition) is 3. The Balaban J connectivity index is 1.78. The van der Waals surface area contributed by atoms with E-state index in [1.54, 1.807) is 66.5 Å². The van der Waals surface area contributed by atoms with Gasteiger partial charge in [-0.3, -0.25) is 4.79 Å². The van der Waals surface area contributed by atoms with Crippen LogP contribution in [0.15, 0.2) is 96.0 Å². The summed E-state index contributed by atoms with van der Waals surface area (Å²) in [5, 5.41) is 0.608. The molecule has 0 N–H and O–H groups in total. The summed E-state index contributed by atoms with van der Waals surface area (Å²) in [5.41, 5.74) is 1.84. The van der Waals surface area contributed by atoms with Gasteiger partial charge < -0.3 is 4.90 Å². The van der Waals surface area contributed by atoms with E-state index in [-0.39, 0.29) is 10.8 Å². The van der Waals surface area contributed by atoms with Crippen molar-refractivity contribution in [3.63, 3.8) is 0 Å². The lowest BCUT2D eigenvalue weighted by molar-refractivity contribution is 0.0787. The molecule has 0 saturated carbocycles. The van der Waals surface area contributed by atoms with Gasteiger partial charge in [-0.2, -0.15) is 0 Å². The average Bonchev–Trinajstić information content (AvgIpc) is 3.15. The monoisotopic (exact) mass is 404 g/mol. The molecule has 0 aliphatic carbocycles. The SMILES string of the molecule is CN(Cc1ccccc1)C(=O)c1cn(S(=O)(=O)c2ccccc2)c2ccccc12. The molecule has 0 radical (unpaired) electrons. The lowest BCUT2D eigenvalue weighted by atomic mass is 10.1.